The summed E-state index contributed by atoms with van der Waals surface area (Å²) in [6.07, 6.45) is 0.948. The Morgan fingerprint density at radius 2 is 1.76 bits per heavy atom. The van der Waals surface area contributed by atoms with Crippen LogP contribution in [-0.4, -0.2) is 12.5 Å². The van der Waals surface area contributed by atoms with Crippen LogP contribution in [0.2, 0.25) is 0 Å². The van der Waals surface area contributed by atoms with Crippen LogP contribution in [0.5, 0.6) is 0 Å². The maximum atomic E-state index is 12.0. The molecular formula is C18H22N2O. The van der Waals surface area contributed by atoms with E-state index in [0.29, 0.717) is 0 Å². The van der Waals surface area contributed by atoms with Crippen LogP contribution in [-0.2, 0) is 11.2 Å². The maximum absolute atomic E-state index is 12.0. The van der Waals surface area contributed by atoms with Gasteiger partial charge in [-0.1, -0.05) is 42.8 Å². The fourth-order valence-electron chi connectivity index (χ4n) is 2.29. The van der Waals surface area contributed by atoms with Crippen LogP contribution < -0.4 is 10.6 Å². The molecule has 2 aromatic rings. The third-order valence-corrected chi connectivity index (χ3v) is 3.50. The summed E-state index contributed by atoms with van der Waals surface area (Å²) in [6, 6.07) is 14.0. The lowest BCUT2D eigenvalue weighted by Crippen LogP contribution is -2.22. The topological polar surface area (TPSA) is 41.1 Å². The Morgan fingerprint density at radius 1 is 1.05 bits per heavy atom. The minimum Gasteiger partial charge on any atom is -0.376 e. The Kier molecular flexibility index (Phi) is 4.99. The number of para-hydroxylation sites is 1. The van der Waals surface area contributed by atoms with Gasteiger partial charge in [-0.3, -0.25) is 4.79 Å². The van der Waals surface area contributed by atoms with Gasteiger partial charge in [0.15, 0.2) is 0 Å². The van der Waals surface area contributed by atoms with Crippen molar-refractivity contribution in [3.63, 3.8) is 0 Å². The number of benzene rings is 2. The van der Waals surface area contributed by atoms with Gasteiger partial charge in [-0.2, -0.15) is 0 Å². The summed E-state index contributed by atoms with van der Waals surface area (Å²) in [5.41, 5.74) is 5.47. The highest BCUT2D eigenvalue weighted by molar-refractivity contribution is 5.93. The van der Waals surface area contributed by atoms with Crippen molar-refractivity contribution < 1.29 is 4.79 Å². The molecule has 0 aliphatic carbocycles. The number of aryl methyl sites for hydroxylation is 3. The monoisotopic (exact) mass is 282 g/mol. The summed E-state index contributed by atoms with van der Waals surface area (Å²) >= 11 is 0. The zero-order valence-electron chi connectivity index (χ0n) is 12.9. The van der Waals surface area contributed by atoms with Crippen molar-refractivity contribution in [1.82, 2.24) is 0 Å². The van der Waals surface area contributed by atoms with Crippen LogP contribution in [0, 0.1) is 13.8 Å². The minimum absolute atomic E-state index is 0.0378. The van der Waals surface area contributed by atoms with Gasteiger partial charge in [0.25, 0.3) is 0 Å². The van der Waals surface area contributed by atoms with Gasteiger partial charge in [-0.15, -0.1) is 0 Å². The Bertz CT molecular complexity index is 618. The Labute approximate surface area is 126 Å². The number of anilines is 2. The van der Waals surface area contributed by atoms with E-state index in [9.17, 15) is 4.79 Å². The van der Waals surface area contributed by atoms with Crippen LogP contribution in [0.25, 0.3) is 0 Å². The number of nitrogens with one attached hydrogen (secondary N) is 2. The normalized spacial score (nSPS) is 10.2. The molecule has 0 aliphatic rings. The Morgan fingerprint density at radius 3 is 2.43 bits per heavy atom. The molecule has 0 aromatic heterocycles. The zero-order valence-corrected chi connectivity index (χ0v) is 12.9. The molecule has 1 amide bonds. The highest BCUT2D eigenvalue weighted by Gasteiger charge is 2.06. The summed E-state index contributed by atoms with van der Waals surface area (Å²) < 4.78 is 0. The molecule has 0 unspecified atom stereocenters. The average molecular weight is 282 g/mol. The molecule has 0 aliphatic heterocycles. The van der Waals surface area contributed by atoms with E-state index >= 15 is 0 Å². The van der Waals surface area contributed by atoms with Gasteiger partial charge in [-0.05, 0) is 43.5 Å². The van der Waals surface area contributed by atoms with Crippen molar-refractivity contribution in [2.24, 2.45) is 0 Å². The molecule has 21 heavy (non-hydrogen) atoms. The van der Waals surface area contributed by atoms with Gasteiger partial charge in [-0.25, -0.2) is 0 Å². The van der Waals surface area contributed by atoms with Crippen LogP contribution in [0.4, 0.5) is 11.4 Å². The van der Waals surface area contributed by atoms with Crippen molar-refractivity contribution in [2.45, 2.75) is 27.2 Å². The molecule has 2 rings (SSSR count). The van der Waals surface area contributed by atoms with E-state index in [4.69, 9.17) is 0 Å². The molecule has 2 aromatic carbocycles. The third-order valence-electron chi connectivity index (χ3n) is 3.50. The summed E-state index contributed by atoms with van der Waals surface area (Å²) in [4.78, 5) is 12.0. The summed E-state index contributed by atoms with van der Waals surface area (Å²) in [6.45, 7) is 6.47. The molecule has 0 atom stereocenters. The molecule has 3 nitrogen and oxygen atoms in total. The zero-order chi connectivity index (χ0) is 15.2. The first-order chi connectivity index (χ1) is 10.1. The van der Waals surface area contributed by atoms with Gasteiger partial charge in [0.1, 0.15) is 0 Å². The molecule has 0 saturated carbocycles. The number of carbonyl (C=O) groups excluding carboxylic acids is 1. The molecule has 3 heteroatoms. The second-order valence-corrected chi connectivity index (χ2v) is 5.23. The lowest BCUT2D eigenvalue weighted by atomic mass is 10.1. The van der Waals surface area contributed by atoms with Gasteiger partial charge < -0.3 is 10.6 Å². The van der Waals surface area contributed by atoms with Gasteiger partial charge >= 0.3 is 0 Å². The van der Waals surface area contributed by atoms with Crippen LogP contribution >= 0.6 is 0 Å². The number of rotatable bonds is 5. The first-order valence-electron chi connectivity index (χ1n) is 7.29. The van der Waals surface area contributed by atoms with Crippen LogP contribution in [0.1, 0.15) is 23.6 Å². The third kappa shape index (κ3) is 4.09. The van der Waals surface area contributed by atoms with Gasteiger partial charge in [0, 0.05) is 11.4 Å². The number of amides is 1. The standard InChI is InChI=1S/C18H22N2O/c1-4-15-7-5-6-14(3)18(15)19-12-17(21)20-16-10-8-13(2)9-11-16/h5-11,19H,4,12H2,1-3H3,(H,20,21). The second kappa shape index (κ2) is 6.93. The molecule has 0 radical (unpaired) electrons. The SMILES string of the molecule is CCc1cccc(C)c1NCC(=O)Nc1ccc(C)cc1. The Balaban J connectivity index is 1.97. The van der Waals surface area contributed by atoms with Crippen molar-refractivity contribution in [3.05, 3.63) is 59.2 Å². The molecule has 2 N–H and O–H groups in total. The largest absolute Gasteiger partial charge is 0.376 e. The van der Waals surface area contributed by atoms with E-state index in [1.807, 2.05) is 37.3 Å². The van der Waals surface area contributed by atoms with E-state index in [1.165, 1.54) is 11.1 Å². The highest BCUT2D eigenvalue weighted by atomic mass is 16.1. The van der Waals surface area contributed by atoms with E-state index < -0.39 is 0 Å². The average Bonchev–Trinajstić information content (AvgIpc) is 2.48. The van der Waals surface area contributed by atoms with Crippen molar-refractivity contribution in [3.8, 4) is 0 Å². The molecule has 0 heterocycles. The van der Waals surface area contributed by atoms with E-state index in [1.54, 1.807) is 0 Å². The fourth-order valence-corrected chi connectivity index (χ4v) is 2.29. The number of carbonyl (C=O) groups is 1. The first-order valence-corrected chi connectivity index (χ1v) is 7.29. The summed E-state index contributed by atoms with van der Waals surface area (Å²) in [5.74, 6) is -0.0378. The summed E-state index contributed by atoms with van der Waals surface area (Å²) in [7, 11) is 0. The van der Waals surface area contributed by atoms with Crippen molar-refractivity contribution in [1.29, 1.82) is 0 Å². The molecule has 0 spiro atoms. The maximum Gasteiger partial charge on any atom is 0.243 e. The molecule has 0 bridgehead atoms. The second-order valence-electron chi connectivity index (χ2n) is 5.23. The quantitative estimate of drug-likeness (QED) is 0.872. The van der Waals surface area contributed by atoms with Crippen molar-refractivity contribution in [2.75, 3.05) is 17.2 Å². The minimum atomic E-state index is -0.0378. The molecular weight excluding hydrogens is 260 g/mol. The lowest BCUT2D eigenvalue weighted by molar-refractivity contribution is -0.114. The predicted molar refractivity (Wildman–Crippen MR) is 88.9 cm³/mol. The number of hydrogen-bond donors (Lipinski definition) is 2. The smallest absolute Gasteiger partial charge is 0.243 e. The summed E-state index contributed by atoms with van der Waals surface area (Å²) in [5, 5.41) is 6.15. The molecule has 0 fully saturated rings. The van der Waals surface area contributed by atoms with Crippen molar-refractivity contribution >= 4 is 17.3 Å². The molecule has 110 valence electrons. The van der Waals surface area contributed by atoms with Crippen LogP contribution in [0.3, 0.4) is 0 Å². The van der Waals surface area contributed by atoms with Gasteiger partial charge in [0.05, 0.1) is 6.54 Å². The Hall–Kier alpha value is -2.29. The van der Waals surface area contributed by atoms with E-state index in [0.717, 1.165) is 23.4 Å². The van der Waals surface area contributed by atoms with Crippen LogP contribution in [0.15, 0.2) is 42.5 Å². The fraction of sp³-hybridized carbons (Fsp3) is 0.278. The predicted octanol–water partition coefficient (Wildman–Crippen LogP) is 3.92. The molecule has 0 saturated heterocycles. The number of hydrogen-bond acceptors (Lipinski definition) is 2. The lowest BCUT2D eigenvalue weighted by Gasteiger charge is -2.14. The highest BCUT2D eigenvalue weighted by Crippen LogP contribution is 2.20. The van der Waals surface area contributed by atoms with E-state index in [-0.39, 0.29) is 12.5 Å². The first kappa shape index (κ1) is 15.1. The van der Waals surface area contributed by atoms with Gasteiger partial charge in [0.2, 0.25) is 5.91 Å². The van der Waals surface area contributed by atoms with E-state index in [2.05, 4.69) is 36.6 Å².